The molecule has 1 saturated heterocycles. The minimum absolute atomic E-state index is 0.304. The molecular weight excluding hydrogens is 240 g/mol. The Morgan fingerprint density at radius 1 is 1.47 bits per heavy atom. The van der Waals surface area contributed by atoms with Crippen LogP contribution >= 0.6 is 11.6 Å². The van der Waals surface area contributed by atoms with Crippen molar-refractivity contribution in [1.82, 2.24) is 20.4 Å². The van der Waals surface area contributed by atoms with Gasteiger partial charge in [0.25, 0.3) is 0 Å². The average Bonchev–Trinajstić information content (AvgIpc) is 3.00. The van der Waals surface area contributed by atoms with Crippen LogP contribution in [-0.4, -0.2) is 28.2 Å². The number of aromatic nitrogens is 3. The maximum atomic E-state index is 6.03. The lowest BCUT2D eigenvalue weighted by molar-refractivity contribution is 0.359. The normalized spacial score (nSPS) is 19.7. The molecule has 0 aromatic carbocycles. The number of pyridine rings is 1. The van der Waals surface area contributed by atoms with Gasteiger partial charge in [-0.1, -0.05) is 16.8 Å². The van der Waals surface area contributed by atoms with Crippen molar-refractivity contribution in [1.29, 1.82) is 0 Å². The van der Waals surface area contributed by atoms with Crippen LogP contribution in [0.2, 0.25) is 5.02 Å². The third-order valence-corrected chi connectivity index (χ3v) is 3.13. The molecule has 0 bridgehead atoms. The van der Waals surface area contributed by atoms with E-state index in [4.69, 9.17) is 16.1 Å². The first-order valence-electron chi connectivity index (χ1n) is 5.50. The number of nitrogens with one attached hydrogen (secondary N) is 1. The van der Waals surface area contributed by atoms with Crippen LogP contribution in [0.5, 0.6) is 0 Å². The van der Waals surface area contributed by atoms with Gasteiger partial charge in [-0.15, -0.1) is 0 Å². The lowest BCUT2D eigenvalue weighted by atomic mass is 10.1. The molecule has 0 amide bonds. The van der Waals surface area contributed by atoms with Gasteiger partial charge >= 0.3 is 0 Å². The van der Waals surface area contributed by atoms with E-state index in [0.29, 0.717) is 28.3 Å². The Bertz CT molecular complexity index is 522. The summed E-state index contributed by atoms with van der Waals surface area (Å²) in [5.41, 5.74) is 0.565. The van der Waals surface area contributed by atoms with Crippen LogP contribution in [0.4, 0.5) is 0 Å². The average molecular weight is 251 g/mol. The SMILES string of the molecule is Clc1cccnc1-c1noc(C2CCNC2)n1. The fourth-order valence-corrected chi connectivity index (χ4v) is 2.12. The minimum Gasteiger partial charge on any atom is -0.339 e. The van der Waals surface area contributed by atoms with E-state index in [1.54, 1.807) is 18.3 Å². The van der Waals surface area contributed by atoms with Crippen molar-refractivity contribution in [3.8, 4) is 11.5 Å². The molecule has 6 heteroatoms. The molecule has 1 aliphatic heterocycles. The predicted molar refractivity (Wildman–Crippen MR) is 62.8 cm³/mol. The molecule has 0 saturated carbocycles. The summed E-state index contributed by atoms with van der Waals surface area (Å²) in [4.78, 5) is 8.51. The van der Waals surface area contributed by atoms with Gasteiger partial charge in [-0.2, -0.15) is 4.98 Å². The maximum absolute atomic E-state index is 6.03. The lowest BCUT2D eigenvalue weighted by Crippen LogP contribution is -2.08. The summed E-state index contributed by atoms with van der Waals surface area (Å²) in [5, 5.41) is 7.72. The zero-order valence-corrected chi connectivity index (χ0v) is 9.81. The van der Waals surface area contributed by atoms with Crippen LogP contribution in [-0.2, 0) is 0 Å². The molecule has 1 atom stereocenters. The number of nitrogens with zero attached hydrogens (tertiary/aromatic N) is 3. The number of halogens is 1. The highest BCUT2D eigenvalue weighted by molar-refractivity contribution is 6.32. The van der Waals surface area contributed by atoms with Crippen molar-refractivity contribution in [3.63, 3.8) is 0 Å². The van der Waals surface area contributed by atoms with Gasteiger partial charge in [-0.05, 0) is 25.1 Å². The highest BCUT2D eigenvalue weighted by Gasteiger charge is 2.23. The van der Waals surface area contributed by atoms with Gasteiger partial charge in [0.1, 0.15) is 5.69 Å². The fraction of sp³-hybridized carbons (Fsp3) is 0.364. The monoisotopic (exact) mass is 250 g/mol. The quantitative estimate of drug-likeness (QED) is 0.881. The van der Waals surface area contributed by atoms with Crippen molar-refractivity contribution in [2.75, 3.05) is 13.1 Å². The zero-order valence-electron chi connectivity index (χ0n) is 9.06. The molecule has 5 nitrogen and oxygen atoms in total. The summed E-state index contributed by atoms with van der Waals surface area (Å²) in [6.45, 7) is 1.88. The third kappa shape index (κ3) is 2.03. The summed E-state index contributed by atoms with van der Waals surface area (Å²) < 4.78 is 5.26. The predicted octanol–water partition coefficient (Wildman–Crippen LogP) is 1.86. The van der Waals surface area contributed by atoms with E-state index < -0.39 is 0 Å². The van der Waals surface area contributed by atoms with Crippen molar-refractivity contribution >= 4 is 11.6 Å². The van der Waals surface area contributed by atoms with Crippen molar-refractivity contribution in [2.24, 2.45) is 0 Å². The van der Waals surface area contributed by atoms with E-state index in [1.807, 2.05) is 0 Å². The van der Waals surface area contributed by atoms with Crippen LogP contribution in [0.25, 0.3) is 11.5 Å². The van der Waals surface area contributed by atoms with E-state index >= 15 is 0 Å². The largest absolute Gasteiger partial charge is 0.339 e. The van der Waals surface area contributed by atoms with Crippen LogP contribution in [0.1, 0.15) is 18.2 Å². The summed E-state index contributed by atoms with van der Waals surface area (Å²) in [7, 11) is 0. The van der Waals surface area contributed by atoms with Gasteiger partial charge in [0, 0.05) is 12.7 Å². The highest BCUT2D eigenvalue weighted by atomic mass is 35.5. The Labute approximate surface area is 103 Å². The summed E-state index contributed by atoms with van der Waals surface area (Å²) in [6, 6.07) is 3.53. The number of hydrogen-bond acceptors (Lipinski definition) is 5. The first kappa shape index (κ1) is 10.7. The number of hydrogen-bond donors (Lipinski definition) is 1. The zero-order chi connectivity index (χ0) is 11.7. The Hall–Kier alpha value is -1.46. The Morgan fingerprint density at radius 2 is 2.41 bits per heavy atom. The van der Waals surface area contributed by atoms with Crippen LogP contribution in [0.3, 0.4) is 0 Å². The number of rotatable bonds is 2. The molecule has 0 spiro atoms. The second-order valence-electron chi connectivity index (χ2n) is 3.98. The Morgan fingerprint density at radius 3 is 3.18 bits per heavy atom. The van der Waals surface area contributed by atoms with E-state index in [1.165, 1.54) is 0 Å². The van der Waals surface area contributed by atoms with E-state index in [9.17, 15) is 0 Å². The van der Waals surface area contributed by atoms with Gasteiger partial charge in [0.05, 0.1) is 10.9 Å². The van der Waals surface area contributed by atoms with Gasteiger partial charge in [0.2, 0.25) is 11.7 Å². The minimum atomic E-state index is 0.304. The standard InChI is InChI=1S/C11H11ClN4O/c12-8-2-1-4-14-9(8)10-15-11(17-16-10)7-3-5-13-6-7/h1-2,4,7,13H,3,5-6H2. The summed E-state index contributed by atoms with van der Waals surface area (Å²) in [6.07, 6.45) is 2.69. The molecule has 1 aliphatic rings. The Kier molecular flexibility index (Phi) is 2.78. The molecule has 1 unspecified atom stereocenters. The summed E-state index contributed by atoms with van der Waals surface area (Å²) in [5.74, 6) is 1.42. The molecule has 3 heterocycles. The smallest absolute Gasteiger partial charge is 0.231 e. The first-order valence-corrected chi connectivity index (χ1v) is 5.87. The van der Waals surface area contributed by atoms with Crippen LogP contribution in [0, 0.1) is 0 Å². The molecule has 2 aromatic rings. The lowest BCUT2D eigenvalue weighted by Gasteiger charge is -1.98. The Balaban J connectivity index is 1.92. The highest BCUT2D eigenvalue weighted by Crippen LogP contribution is 2.26. The molecule has 0 radical (unpaired) electrons. The first-order chi connectivity index (χ1) is 8.34. The molecule has 2 aromatic heterocycles. The summed E-state index contributed by atoms with van der Waals surface area (Å²) >= 11 is 6.03. The second-order valence-corrected chi connectivity index (χ2v) is 4.39. The van der Waals surface area contributed by atoms with Crippen molar-refractivity contribution < 1.29 is 4.52 Å². The molecule has 1 fully saturated rings. The van der Waals surface area contributed by atoms with Crippen LogP contribution < -0.4 is 5.32 Å². The van der Waals surface area contributed by atoms with Gasteiger partial charge in [0.15, 0.2) is 0 Å². The topological polar surface area (TPSA) is 63.8 Å². The molecule has 1 N–H and O–H groups in total. The van der Waals surface area contributed by atoms with E-state index in [-0.39, 0.29) is 0 Å². The van der Waals surface area contributed by atoms with Crippen molar-refractivity contribution in [2.45, 2.75) is 12.3 Å². The van der Waals surface area contributed by atoms with Gasteiger partial charge < -0.3 is 9.84 Å². The van der Waals surface area contributed by atoms with E-state index in [2.05, 4.69) is 20.4 Å². The fourth-order valence-electron chi connectivity index (χ4n) is 1.91. The molecule has 3 rings (SSSR count). The van der Waals surface area contributed by atoms with E-state index in [0.717, 1.165) is 19.5 Å². The molecule has 88 valence electrons. The van der Waals surface area contributed by atoms with Crippen LogP contribution in [0.15, 0.2) is 22.9 Å². The molecular formula is C11H11ClN4O. The van der Waals surface area contributed by atoms with Gasteiger partial charge in [-0.25, -0.2) is 0 Å². The molecule has 0 aliphatic carbocycles. The van der Waals surface area contributed by atoms with Crippen molar-refractivity contribution in [3.05, 3.63) is 29.2 Å². The second kappa shape index (κ2) is 4.43. The van der Waals surface area contributed by atoms with Gasteiger partial charge in [-0.3, -0.25) is 4.98 Å². The third-order valence-electron chi connectivity index (χ3n) is 2.82. The molecule has 17 heavy (non-hydrogen) atoms. The maximum Gasteiger partial charge on any atom is 0.231 e.